The first-order valence-electron chi connectivity index (χ1n) is 5.43. The van der Waals surface area contributed by atoms with Crippen LogP contribution in [0.5, 0.6) is 0 Å². The maximum Gasteiger partial charge on any atom is 0.323 e. The zero-order valence-corrected chi connectivity index (χ0v) is 10.5. The van der Waals surface area contributed by atoms with E-state index in [0.29, 0.717) is 16.4 Å². The van der Waals surface area contributed by atoms with E-state index in [2.05, 4.69) is 10.6 Å². The van der Waals surface area contributed by atoms with Crippen molar-refractivity contribution in [2.75, 3.05) is 16.4 Å². The zero-order chi connectivity index (χ0) is 13.8. The average Bonchev–Trinajstić information content (AvgIpc) is 2.37. The summed E-state index contributed by atoms with van der Waals surface area (Å²) in [5.41, 5.74) is 6.68. The predicted molar refractivity (Wildman–Crippen MR) is 74.9 cm³/mol. The van der Waals surface area contributed by atoms with Gasteiger partial charge in [0.05, 0.1) is 5.69 Å². The van der Waals surface area contributed by atoms with Gasteiger partial charge in [-0.05, 0) is 42.5 Å². The number of hydrogen-bond acceptors (Lipinski definition) is 2. The van der Waals surface area contributed by atoms with E-state index in [4.69, 9.17) is 17.3 Å². The van der Waals surface area contributed by atoms with Crippen molar-refractivity contribution in [1.82, 2.24) is 0 Å². The Labute approximate surface area is 114 Å². The Morgan fingerprint density at radius 3 is 2.47 bits per heavy atom. The molecule has 0 heterocycles. The molecule has 0 bridgehead atoms. The molecule has 0 aliphatic rings. The van der Waals surface area contributed by atoms with E-state index in [9.17, 15) is 9.18 Å². The van der Waals surface area contributed by atoms with Crippen molar-refractivity contribution >= 4 is 34.7 Å². The monoisotopic (exact) mass is 279 g/mol. The lowest BCUT2D eigenvalue weighted by molar-refractivity contribution is 0.262. The van der Waals surface area contributed by atoms with Crippen molar-refractivity contribution < 1.29 is 9.18 Å². The second-order valence-corrected chi connectivity index (χ2v) is 4.26. The van der Waals surface area contributed by atoms with Crippen LogP contribution in [0.4, 0.5) is 26.2 Å². The van der Waals surface area contributed by atoms with Gasteiger partial charge in [-0.15, -0.1) is 0 Å². The average molecular weight is 280 g/mol. The fourth-order valence-corrected chi connectivity index (χ4v) is 1.62. The minimum absolute atomic E-state index is 0.0143. The molecule has 2 aromatic rings. The van der Waals surface area contributed by atoms with Crippen molar-refractivity contribution in [3.8, 4) is 0 Å². The van der Waals surface area contributed by atoms with Crippen molar-refractivity contribution in [2.24, 2.45) is 0 Å². The molecule has 0 spiro atoms. The number of nitrogens with one attached hydrogen (secondary N) is 2. The van der Waals surface area contributed by atoms with Crippen molar-refractivity contribution in [2.45, 2.75) is 0 Å². The number of carbonyl (C=O) groups is 1. The van der Waals surface area contributed by atoms with Gasteiger partial charge in [0, 0.05) is 16.4 Å². The number of carbonyl (C=O) groups excluding carboxylic acids is 1. The van der Waals surface area contributed by atoms with Crippen molar-refractivity contribution in [3.05, 3.63) is 53.3 Å². The van der Waals surface area contributed by atoms with E-state index >= 15 is 0 Å². The maximum absolute atomic E-state index is 13.4. The summed E-state index contributed by atoms with van der Waals surface area (Å²) < 4.78 is 13.4. The van der Waals surface area contributed by atoms with Crippen LogP contribution in [-0.4, -0.2) is 6.03 Å². The molecule has 2 rings (SSSR count). The fraction of sp³-hybridized carbons (Fsp3) is 0. The zero-order valence-electron chi connectivity index (χ0n) is 9.78. The topological polar surface area (TPSA) is 67.1 Å². The fourth-order valence-electron chi connectivity index (χ4n) is 1.44. The standard InChI is InChI=1S/C13H11ClFN3O/c14-8-1-6-11(15)12(7-8)18-13(19)17-10-4-2-9(16)3-5-10/h1-7H,16H2,(H2,17,18,19). The minimum atomic E-state index is -0.564. The largest absolute Gasteiger partial charge is 0.399 e. The molecule has 0 fully saturated rings. The molecule has 0 aromatic heterocycles. The molecule has 0 radical (unpaired) electrons. The summed E-state index contributed by atoms with van der Waals surface area (Å²) in [6.07, 6.45) is 0. The number of rotatable bonds is 2. The van der Waals surface area contributed by atoms with E-state index in [0.717, 1.165) is 0 Å². The Morgan fingerprint density at radius 2 is 1.79 bits per heavy atom. The second-order valence-electron chi connectivity index (χ2n) is 3.83. The third-order valence-electron chi connectivity index (χ3n) is 2.35. The maximum atomic E-state index is 13.4. The Morgan fingerprint density at radius 1 is 1.11 bits per heavy atom. The Bertz CT molecular complexity index is 601. The van der Waals surface area contributed by atoms with Crippen LogP contribution in [0, 0.1) is 5.82 Å². The van der Waals surface area contributed by atoms with E-state index in [1.165, 1.54) is 18.2 Å². The van der Waals surface area contributed by atoms with Gasteiger partial charge in [0.15, 0.2) is 0 Å². The van der Waals surface area contributed by atoms with Crippen molar-refractivity contribution in [1.29, 1.82) is 0 Å². The highest BCUT2D eigenvalue weighted by Gasteiger charge is 2.07. The van der Waals surface area contributed by atoms with Crippen LogP contribution in [0.15, 0.2) is 42.5 Å². The van der Waals surface area contributed by atoms with Gasteiger partial charge < -0.3 is 16.4 Å². The lowest BCUT2D eigenvalue weighted by Crippen LogP contribution is -2.20. The van der Waals surface area contributed by atoms with Gasteiger partial charge in [-0.3, -0.25) is 0 Å². The number of hydrogen-bond donors (Lipinski definition) is 3. The molecule has 98 valence electrons. The Balaban J connectivity index is 2.05. The third kappa shape index (κ3) is 3.59. The summed E-state index contributed by atoms with van der Waals surface area (Å²) in [7, 11) is 0. The van der Waals surface area contributed by atoms with Crippen LogP contribution >= 0.6 is 11.6 Å². The summed E-state index contributed by atoms with van der Waals surface area (Å²) >= 11 is 5.73. The van der Waals surface area contributed by atoms with Crippen LogP contribution in [0.1, 0.15) is 0 Å². The number of urea groups is 1. The molecule has 4 N–H and O–H groups in total. The second kappa shape index (κ2) is 5.58. The highest BCUT2D eigenvalue weighted by Crippen LogP contribution is 2.20. The Hall–Kier alpha value is -2.27. The molecule has 0 unspecified atom stereocenters. The van der Waals surface area contributed by atoms with Crippen LogP contribution in [0.2, 0.25) is 5.02 Å². The highest BCUT2D eigenvalue weighted by molar-refractivity contribution is 6.30. The van der Waals surface area contributed by atoms with Gasteiger partial charge in [0.25, 0.3) is 0 Å². The first-order valence-corrected chi connectivity index (χ1v) is 5.81. The molecule has 0 saturated heterocycles. The number of amides is 2. The molecule has 19 heavy (non-hydrogen) atoms. The van der Waals surface area contributed by atoms with Crippen LogP contribution in [-0.2, 0) is 0 Å². The lowest BCUT2D eigenvalue weighted by atomic mass is 10.3. The molecule has 2 amide bonds. The predicted octanol–water partition coefficient (Wildman–Crippen LogP) is 3.71. The SMILES string of the molecule is Nc1ccc(NC(=O)Nc2cc(Cl)ccc2F)cc1. The molecule has 0 aliphatic carbocycles. The summed E-state index contributed by atoms with van der Waals surface area (Å²) in [5, 5.41) is 5.26. The van der Waals surface area contributed by atoms with Gasteiger partial charge in [-0.25, -0.2) is 9.18 Å². The summed E-state index contributed by atoms with van der Waals surface area (Å²) in [4.78, 5) is 11.7. The number of nitrogens with two attached hydrogens (primary N) is 1. The van der Waals surface area contributed by atoms with Crippen LogP contribution in [0.25, 0.3) is 0 Å². The molecule has 4 nitrogen and oxygen atoms in total. The number of nitrogen functional groups attached to an aromatic ring is 1. The van der Waals surface area contributed by atoms with Crippen molar-refractivity contribution in [3.63, 3.8) is 0 Å². The molecule has 6 heteroatoms. The normalized spacial score (nSPS) is 10.0. The van der Waals surface area contributed by atoms with Crippen LogP contribution < -0.4 is 16.4 Å². The summed E-state index contributed by atoms with van der Waals surface area (Å²) in [5.74, 6) is -0.558. The quantitative estimate of drug-likeness (QED) is 0.734. The molecular weight excluding hydrogens is 269 g/mol. The molecule has 0 saturated carbocycles. The van der Waals surface area contributed by atoms with Crippen LogP contribution in [0.3, 0.4) is 0 Å². The molecule has 0 atom stereocenters. The summed E-state index contributed by atoms with van der Waals surface area (Å²) in [6, 6.07) is 9.93. The smallest absolute Gasteiger partial charge is 0.323 e. The minimum Gasteiger partial charge on any atom is -0.399 e. The van der Waals surface area contributed by atoms with Gasteiger partial charge >= 0.3 is 6.03 Å². The van der Waals surface area contributed by atoms with Gasteiger partial charge in [-0.1, -0.05) is 11.6 Å². The lowest BCUT2D eigenvalue weighted by Gasteiger charge is -2.08. The number of benzene rings is 2. The third-order valence-corrected chi connectivity index (χ3v) is 2.58. The van der Waals surface area contributed by atoms with E-state index < -0.39 is 11.8 Å². The Kier molecular flexibility index (Phi) is 3.87. The molecular formula is C13H11ClFN3O. The molecule has 0 aliphatic heterocycles. The molecule has 2 aromatic carbocycles. The first kappa shape index (κ1) is 13.2. The van der Waals surface area contributed by atoms with E-state index in [1.807, 2.05) is 0 Å². The van der Waals surface area contributed by atoms with E-state index in [1.54, 1.807) is 24.3 Å². The number of halogens is 2. The first-order chi connectivity index (χ1) is 9.04. The number of anilines is 3. The van der Waals surface area contributed by atoms with Gasteiger partial charge in [-0.2, -0.15) is 0 Å². The van der Waals surface area contributed by atoms with E-state index in [-0.39, 0.29) is 5.69 Å². The highest BCUT2D eigenvalue weighted by atomic mass is 35.5. The van der Waals surface area contributed by atoms with Gasteiger partial charge in [0.2, 0.25) is 0 Å². The van der Waals surface area contributed by atoms with Gasteiger partial charge in [0.1, 0.15) is 5.82 Å². The summed E-state index contributed by atoms with van der Waals surface area (Å²) in [6.45, 7) is 0.